The summed E-state index contributed by atoms with van der Waals surface area (Å²) in [5.74, 6) is -1.39. The average molecular weight is 262 g/mol. The van der Waals surface area contributed by atoms with Gasteiger partial charge >= 0.3 is 5.97 Å². The molecule has 0 amide bonds. The lowest BCUT2D eigenvalue weighted by Gasteiger charge is -2.31. The molecular weight excluding hydrogens is 247 g/mol. The second-order valence-electron chi connectivity index (χ2n) is 5.03. The predicted octanol–water partition coefficient (Wildman–Crippen LogP) is 2.14. The number of nitriles is 1. The second-order valence-corrected chi connectivity index (χ2v) is 5.03. The van der Waals surface area contributed by atoms with Crippen molar-refractivity contribution in [1.29, 1.82) is 5.26 Å². The Balaban J connectivity index is 2.22. The summed E-state index contributed by atoms with van der Waals surface area (Å²) in [7, 11) is 0. The summed E-state index contributed by atoms with van der Waals surface area (Å²) in [5, 5.41) is 18.1. The highest BCUT2D eigenvalue weighted by atomic mass is 19.1. The van der Waals surface area contributed by atoms with Gasteiger partial charge in [-0.3, -0.25) is 9.69 Å². The molecule has 1 heterocycles. The van der Waals surface area contributed by atoms with Gasteiger partial charge in [0, 0.05) is 6.54 Å². The van der Waals surface area contributed by atoms with Crippen LogP contribution >= 0.6 is 0 Å². The predicted molar refractivity (Wildman–Crippen MR) is 66.8 cm³/mol. The van der Waals surface area contributed by atoms with Crippen molar-refractivity contribution in [2.45, 2.75) is 31.8 Å². The number of hydrogen-bond acceptors (Lipinski definition) is 3. The quantitative estimate of drug-likeness (QED) is 0.906. The fraction of sp³-hybridized carbons (Fsp3) is 0.429. The molecule has 1 unspecified atom stereocenters. The van der Waals surface area contributed by atoms with E-state index in [1.807, 2.05) is 4.90 Å². The van der Waals surface area contributed by atoms with Crippen molar-refractivity contribution in [3.8, 4) is 6.07 Å². The van der Waals surface area contributed by atoms with E-state index in [1.165, 1.54) is 12.1 Å². The van der Waals surface area contributed by atoms with Crippen molar-refractivity contribution in [3.05, 3.63) is 35.1 Å². The standard InChI is InChI=1S/C14H15FN2O2/c1-14(13(18)19)5-2-6-17(14)9-10-3-4-12(15)11(7-10)8-16/h3-4,7H,2,5-6,9H2,1H3,(H,18,19). The normalized spacial score (nSPS) is 23.2. The summed E-state index contributed by atoms with van der Waals surface area (Å²) in [4.78, 5) is 13.2. The van der Waals surface area contributed by atoms with Gasteiger partial charge in [0.2, 0.25) is 0 Å². The molecule has 2 rings (SSSR count). The maximum absolute atomic E-state index is 13.2. The van der Waals surface area contributed by atoms with Crippen molar-refractivity contribution in [3.63, 3.8) is 0 Å². The Labute approximate surface area is 111 Å². The molecule has 0 aliphatic carbocycles. The van der Waals surface area contributed by atoms with E-state index < -0.39 is 17.3 Å². The van der Waals surface area contributed by atoms with Gasteiger partial charge in [0.1, 0.15) is 17.4 Å². The summed E-state index contributed by atoms with van der Waals surface area (Å²) in [5.41, 5.74) is -0.123. The Morgan fingerprint density at radius 2 is 2.37 bits per heavy atom. The van der Waals surface area contributed by atoms with Crippen LogP contribution in [0.2, 0.25) is 0 Å². The van der Waals surface area contributed by atoms with Crippen LogP contribution in [0.25, 0.3) is 0 Å². The maximum atomic E-state index is 13.2. The Morgan fingerprint density at radius 1 is 1.63 bits per heavy atom. The first kappa shape index (κ1) is 13.5. The summed E-state index contributed by atoms with van der Waals surface area (Å²) in [6, 6.07) is 6.12. The number of benzene rings is 1. The van der Waals surface area contributed by atoms with Gasteiger partial charge in [-0.1, -0.05) is 6.07 Å². The van der Waals surface area contributed by atoms with Crippen LogP contribution in [0.15, 0.2) is 18.2 Å². The van der Waals surface area contributed by atoms with Crippen molar-refractivity contribution in [2.24, 2.45) is 0 Å². The fourth-order valence-corrected chi connectivity index (χ4v) is 2.49. The molecule has 1 N–H and O–H groups in total. The minimum Gasteiger partial charge on any atom is -0.480 e. The molecule has 1 saturated heterocycles. The van der Waals surface area contributed by atoms with Crippen LogP contribution in [-0.2, 0) is 11.3 Å². The summed E-state index contributed by atoms with van der Waals surface area (Å²) in [6.07, 6.45) is 1.43. The third-order valence-electron chi connectivity index (χ3n) is 3.77. The third kappa shape index (κ3) is 2.45. The number of halogens is 1. The molecule has 5 heteroatoms. The van der Waals surface area contributed by atoms with Crippen LogP contribution in [0, 0.1) is 17.1 Å². The number of rotatable bonds is 3. The minimum absolute atomic E-state index is 0.00581. The van der Waals surface area contributed by atoms with E-state index >= 15 is 0 Å². The van der Waals surface area contributed by atoms with E-state index in [2.05, 4.69) is 0 Å². The van der Waals surface area contributed by atoms with Crippen molar-refractivity contribution < 1.29 is 14.3 Å². The fourth-order valence-electron chi connectivity index (χ4n) is 2.49. The number of carboxylic acid groups (broad SMARTS) is 1. The third-order valence-corrected chi connectivity index (χ3v) is 3.77. The Morgan fingerprint density at radius 3 is 3.00 bits per heavy atom. The molecule has 0 spiro atoms. The zero-order chi connectivity index (χ0) is 14.0. The first-order valence-corrected chi connectivity index (χ1v) is 6.14. The molecule has 1 aromatic rings. The molecule has 1 atom stereocenters. The van der Waals surface area contributed by atoms with Gasteiger partial charge in [-0.15, -0.1) is 0 Å². The highest BCUT2D eigenvalue weighted by Crippen LogP contribution is 2.30. The molecule has 0 saturated carbocycles. The molecule has 1 aliphatic heterocycles. The average Bonchev–Trinajstić information content (AvgIpc) is 2.75. The van der Waals surface area contributed by atoms with E-state index in [-0.39, 0.29) is 5.56 Å². The van der Waals surface area contributed by atoms with Gasteiger partial charge in [0.05, 0.1) is 5.56 Å². The van der Waals surface area contributed by atoms with Gasteiger partial charge in [0.25, 0.3) is 0 Å². The van der Waals surface area contributed by atoms with Gasteiger partial charge in [0.15, 0.2) is 0 Å². The molecule has 100 valence electrons. The number of nitrogens with zero attached hydrogens (tertiary/aromatic N) is 2. The van der Waals surface area contributed by atoms with Crippen LogP contribution in [0.3, 0.4) is 0 Å². The highest BCUT2D eigenvalue weighted by Gasteiger charge is 2.43. The smallest absolute Gasteiger partial charge is 0.323 e. The lowest BCUT2D eigenvalue weighted by Crippen LogP contribution is -2.47. The van der Waals surface area contributed by atoms with Gasteiger partial charge < -0.3 is 5.11 Å². The summed E-state index contributed by atoms with van der Waals surface area (Å²) in [6.45, 7) is 2.82. The number of carbonyl (C=O) groups is 1. The van der Waals surface area contributed by atoms with Crippen LogP contribution in [-0.4, -0.2) is 28.1 Å². The zero-order valence-corrected chi connectivity index (χ0v) is 10.7. The van der Waals surface area contributed by atoms with Gasteiger partial charge in [-0.25, -0.2) is 4.39 Å². The molecular formula is C14H15FN2O2. The van der Waals surface area contributed by atoms with Crippen molar-refractivity contribution in [1.82, 2.24) is 4.90 Å². The zero-order valence-electron chi connectivity index (χ0n) is 10.7. The first-order chi connectivity index (χ1) is 8.97. The second kappa shape index (κ2) is 4.98. The number of carboxylic acids is 1. The van der Waals surface area contributed by atoms with E-state index in [4.69, 9.17) is 5.26 Å². The largest absolute Gasteiger partial charge is 0.480 e. The van der Waals surface area contributed by atoms with Crippen LogP contribution in [0.4, 0.5) is 4.39 Å². The molecule has 4 nitrogen and oxygen atoms in total. The maximum Gasteiger partial charge on any atom is 0.323 e. The first-order valence-electron chi connectivity index (χ1n) is 6.14. The molecule has 0 aromatic heterocycles. The van der Waals surface area contributed by atoms with Gasteiger partial charge in [-0.2, -0.15) is 5.26 Å². The molecule has 19 heavy (non-hydrogen) atoms. The number of likely N-dealkylation sites (tertiary alicyclic amines) is 1. The number of aliphatic carboxylic acids is 1. The van der Waals surface area contributed by atoms with Crippen LogP contribution in [0.5, 0.6) is 0 Å². The Bertz CT molecular complexity index is 553. The molecule has 1 fully saturated rings. The Kier molecular flexibility index (Phi) is 3.54. The van der Waals surface area contributed by atoms with E-state index in [0.717, 1.165) is 12.0 Å². The van der Waals surface area contributed by atoms with E-state index in [0.29, 0.717) is 19.5 Å². The van der Waals surface area contributed by atoms with E-state index in [1.54, 1.807) is 19.1 Å². The van der Waals surface area contributed by atoms with E-state index in [9.17, 15) is 14.3 Å². The number of hydrogen-bond donors (Lipinski definition) is 1. The molecule has 0 radical (unpaired) electrons. The van der Waals surface area contributed by atoms with Crippen molar-refractivity contribution >= 4 is 5.97 Å². The molecule has 1 aromatic carbocycles. The SMILES string of the molecule is CC1(C(=O)O)CCCN1Cc1ccc(F)c(C#N)c1. The lowest BCUT2D eigenvalue weighted by atomic mass is 9.98. The minimum atomic E-state index is -0.874. The van der Waals surface area contributed by atoms with Crippen LogP contribution < -0.4 is 0 Å². The molecule has 0 bridgehead atoms. The highest BCUT2D eigenvalue weighted by molar-refractivity contribution is 5.78. The molecule has 1 aliphatic rings. The summed E-state index contributed by atoms with van der Waals surface area (Å²) >= 11 is 0. The van der Waals surface area contributed by atoms with Crippen molar-refractivity contribution in [2.75, 3.05) is 6.54 Å². The topological polar surface area (TPSA) is 64.3 Å². The van der Waals surface area contributed by atoms with Crippen LogP contribution in [0.1, 0.15) is 30.9 Å². The Hall–Kier alpha value is -1.93. The summed E-state index contributed by atoms with van der Waals surface area (Å²) < 4.78 is 13.2. The monoisotopic (exact) mass is 262 g/mol. The lowest BCUT2D eigenvalue weighted by molar-refractivity contribution is -0.148. The van der Waals surface area contributed by atoms with Gasteiger partial charge in [-0.05, 0) is 44.0 Å².